The number of hydrogen-bond donors (Lipinski definition) is 3. The van der Waals surface area contributed by atoms with E-state index in [1.54, 1.807) is 0 Å². The number of esters is 1. The Kier molecular flexibility index (Phi) is 43.6. The zero-order valence-corrected chi connectivity index (χ0v) is 37.8. The Morgan fingerprint density at radius 1 is 0.500 bits per heavy atom. The van der Waals surface area contributed by atoms with Crippen LogP contribution in [0.3, 0.4) is 0 Å². The normalized spacial score (nSPS) is 13.3. The van der Waals surface area contributed by atoms with Gasteiger partial charge in [0.1, 0.15) is 6.10 Å². The molecule has 0 heterocycles. The second-order valence-electron chi connectivity index (χ2n) is 17.2. The summed E-state index contributed by atoms with van der Waals surface area (Å²) in [5.41, 5.74) is 0. The third-order valence-corrected chi connectivity index (χ3v) is 11.6. The van der Waals surface area contributed by atoms with Crippen LogP contribution < -0.4 is 5.32 Å². The van der Waals surface area contributed by atoms with Gasteiger partial charge in [-0.2, -0.15) is 0 Å². The summed E-state index contributed by atoms with van der Waals surface area (Å²) in [6, 6.07) is -0.696. The lowest BCUT2D eigenvalue weighted by molar-refractivity contribution is -0.151. The number of rotatable bonds is 45. The molecule has 0 aliphatic carbocycles. The summed E-state index contributed by atoms with van der Waals surface area (Å²) in [5, 5.41) is 23.7. The van der Waals surface area contributed by atoms with E-state index in [0.29, 0.717) is 19.3 Å². The van der Waals surface area contributed by atoms with E-state index in [0.717, 1.165) is 51.4 Å². The molecule has 0 spiro atoms. The minimum absolute atomic E-state index is 0.0777. The molecule has 0 aromatic rings. The van der Waals surface area contributed by atoms with Crippen molar-refractivity contribution in [3.05, 3.63) is 12.2 Å². The summed E-state index contributed by atoms with van der Waals surface area (Å²) in [5.74, 6) is -0.481. The standard InChI is InChI=1S/C50H97NO5/c1-4-7-10-13-16-19-21-23-24-26-27-30-33-36-39-42-48(53)47(45-52)51-49(54)44-46(41-38-35-32-29-18-15-12-9-6-3)56-50(55)43-40-37-34-31-28-25-22-20-17-14-11-8-5-2/h25,28,46-48,52-53H,4-24,26-27,29-45H2,1-3H3,(H,51,54)/b28-25-. The molecule has 56 heavy (non-hydrogen) atoms. The highest BCUT2D eigenvalue weighted by Gasteiger charge is 2.24. The molecule has 0 aliphatic rings. The maximum Gasteiger partial charge on any atom is 0.306 e. The quantitative estimate of drug-likeness (QED) is 0.0324. The third-order valence-electron chi connectivity index (χ3n) is 11.6. The molecule has 0 radical (unpaired) electrons. The molecule has 6 heteroatoms. The van der Waals surface area contributed by atoms with Crippen LogP contribution in [0.4, 0.5) is 0 Å². The van der Waals surface area contributed by atoms with E-state index in [2.05, 4.69) is 38.2 Å². The summed E-state index contributed by atoms with van der Waals surface area (Å²) < 4.78 is 5.90. The highest BCUT2D eigenvalue weighted by atomic mass is 16.5. The monoisotopic (exact) mass is 792 g/mol. The molecular weight excluding hydrogens is 695 g/mol. The van der Waals surface area contributed by atoms with Crippen LogP contribution in [0.15, 0.2) is 12.2 Å². The van der Waals surface area contributed by atoms with Gasteiger partial charge in [0.25, 0.3) is 0 Å². The van der Waals surface area contributed by atoms with Gasteiger partial charge in [0, 0.05) is 6.42 Å². The fourth-order valence-electron chi connectivity index (χ4n) is 7.78. The van der Waals surface area contributed by atoms with E-state index in [9.17, 15) is 19.8 Å². The van der Waals surface area contributed by atoms with E-state index in [1.807, 2.05) is 0 Å². The Morgan fingerprint density at radius 3 is 1.27 bits per heavy atom. The average molecular weight is 792 g/mol. The number of carbonyl (C=O) groups excluding carboxylic acids is 2. The predicted molar refractivity (Wildman–Crippen MR) is 241 cm³/mol. The second-order valence-corrected chi connectivity index (χ2v) is 17.2. The van der Waals surface area contributed by atoms with Crippen molar-refractivity contribution in [2.75, 3.05) is 6.61 Å². The molecular formula is C50H97NO5. The van der Waals surface area contributed by atoms with E-state index in [-0.39, 0.29) is 24.9 Å². The zero-order chi connectivity index (χ0) is 41.0. The molecule has 6 nitrogen and oxygen atoms in total. The van der Waals surface area contributed by atoms with Gasteiger partial charge in [-0.1, -0.05) is 219 Å². The van der Waals surface area contributed by atoms with E-state index < -0.39 is 18.2 Å². The van der Waals surface area contributed by atoms with Gasteiger partial charge in [-0.3, -0.25) is 9.59 Å². The van der Waals surface area contributed by atoms with E-state index >= 15 is 0 Å². The van der Waals surface area contributed by atoms with Gasteiger partial charge in [-0.15, -0.1) is 0 Å². The van der Waals surface area contributed by atoms with Crippen molar-refractivity contribution in [3.63, 3.8) is 0 Å². The van der Waals surface area contributed by atoms with Crippen molar-refractivity contribution < 1.29 is 24.5 Å². The van der Waals surface area contributed by atoms with Crippen molar-refractivity contribution in [2.24, 2.45) is 0 Å². The lowest BCUT2D eigenvalue weighted by Crippen LogP contribution is -2.46. The number of allylic oxidation sites excluding steroid dienone is 2. The van der Waals surface area contributed by atoms with Gasteiger partial charge >= 0.3 is 5.97 Å². The summed E-state index contributed by atoms with van der Waals surface area (Å²) in [6.45, 7) is 6.47. The first-order valence-electron chi connectivity index (χ1n) is 24.9. The Balaban J connectivity index is 4.45. The number of hydrogen-bond acceptors (Lipinski definition) is 5. The number of aliphatic hydroxyl groups excluding tert-OH is 2. The number of ether oxygens (including phenoxy) is 1. The van der Waals surface area contributed by atoms with Gasteiger partial charge in [0.2, 0.25) is 5.91 Å². The SMILES string of the molecule is CCCCCCCC/C=C\CCCCCC(=O)OC(CCCCCCCCCCC)CC(=O)NC(CO)C(O)CCCCCCCCCCCCCCCCC. The second kappa shape index (κ2) is 44.7. The van der Waals surface area contributed by atoms with Crippen LogP contribution in [0, 0.1) is 0 Å². The highest BCUT2D eigenvalue weighted by molar-refractivity contribution is 5.77. The largest absolute Gasteiger partial charge is 0.462 e. The molecule has 0 rings (SSSR count). The number of aliphatic hydroxyl groups is 2. The molecule has 0 saturated carbocycles. The van der Waals surface area contributed by atoms with Crippen LogP contribution in [-0.4, -0.2) is 46.9 Å². The molecule has 0 fully saturated rings. The Hall–Kier alpha value is -1.40. The first-order chi connectivity index (χ1) is 27.5. The minimum atomic E-state index is -0.783. The smallest absolute Gasteiger partial charge is 0.306 e. The summed E-state index contributed by atoms with van der Waals surface area (Å²) in [7, 11) is 0. The topological polar surface area (TPSA) is 95.9 Å². The molecule has 3 unspecified atom stereocenters. The van der Waals surface area contributed by atoms with Crippen LogP contribution in [-0.2, 0) is 14.3 Å². The highest BCUT2D eigenvalue weighted by Crippen LogP contribution is 2.18. The Bertz CT molecular complexity index is 847. The molecule has 1 amide bonds. The molecule has 3 N–H and O–H groups in total. The van der Waals surface area contributed by atoms with Crippen LogP contribution in [0.2, 0.25) is 0 Å². The molecule has 0 aromatic carbocycles. The van der Waals surface area contributed by atoms with Gasteiger partial charge < -0.3 is 20.3 Å². The van der Waals surface area contributed by atoms with Gasteiger partial charge in [-0.25, -0.2) is 0 Å². The molecule has 3 atom stereocenters. The molecule has 332 valence electrons. The van der Waals surface area contributed by atoms with Crippen LogP contribution >= 0.6 is 0 Å². The summed E-state index contributed by atoms with van der Waals surface area (Å²) in [6.07, 6.45) is 48.4. The van der Waals surface area contributed by atoms with Gasteiger partial charge in [0.05, 0.1) is 25.2 Å². The van der Waals surface area contributed by atoms with Crippen LogP contribution in [0.25, 0.3) is 0 Å². The van der Waals surface area contributed by atoms with Crippen molar-refractivity contribution in [1.29, 1.82) is 0 Å². The van der Waals surface area contributed by atoms with E-state index in [1.165, 1.54) is 173 Å². The first-order valence-corrected chi connectivity index (χ1v) is 24.9. The number of unbranched alkanes of at least 4 members (excludes halogenated alkanes) is 31. The van der Waals surface area contributed by atoms with Crippen LogP contribution in [0.1, 0.15) is 271 Å². The first kappa shape index (κ1) is 54.6. The fraction of sp³-hybridized carbons (Fsp3) is 0.920. The summed E-state index contributed by atoms with van der Waals surface area (Å²) >= 11 is 0. The molecule has 0 bridgehead atoms. The van der Waals surface area contributed by atoms with Crippen molar-refractivity contribution >= 4 is 11.9 Å². The number of carbonyl (C=O) groups is 2. The maximum absolute atomic E-state index is 13.1. The summed E-state index contributed by atoms with van der Waals surface area (Å²) in [4.78, 5) is 26.0. The number of amides is 1. The lowest BCUT2D eigenvalue weighted by Gasteiger charge is -2.24. The maximum atomic E-state index is 13.1. The van der Waals surface area contributed by atoms with Crippen molar-refractivity contribution in [2.45, 2.75) is 289 Å². The van der Waals surface area contributed by atoms with E-state index in [4.69, 9.17) is 4.74 Å². The predicted octanol–water partition coefficient (Wildman–Crippen LogP) is 14.6. The van der Waals surface area contributed by atoms with Gasteiger partial charge in [0.15, 0.2) is 0 Å². The lowest BCUT2D eigenvalue weighted by atomic mass is 10.0. The minimum Gasteiger partial charge on any atom is -0.462 e. The Labute approximate surface area is 349 Å². The molecule has 0 aliphatic heterocycles. The number of nitrogens with one attached hydrogen (secondary N) is 1. The Morgan fingerprint density at radius 2 is 0.857 bits per heavy atom. The average Bonchev–Trinajstić information content (AvgIpc) is 3.19. The molecule has 0 aromatic heterocycles. The van der Waals surface area contributed by atoms with Gasteiger partial charge in [-0.05, 0) is 51.4 Å². The van der Waals surface area contributed by atoms with Crippen molar-refractivity contribution in [1.82, 2.24) is 5.32 Å². The van der Waals surface area contributed by atoms with Crippen molar-refractivity contribution in [3.8, 4) is 0 Å². The fourth-order valence-corrected chi connectivity index (χ4v) is 7.78. The zero-order valence-electron chi connectivity index (χ0n) is 37.8. The third kappa shape index (κ3) is 39.4. The van der Waals surface area contributed by atoms with Crippen LogP contribution in [0.5, 0.6) is 0 Å². The molecule has 0 saturated heterocycles.